The Bertz CT molecular complexity index is 673. The van der Waals surface area contributed by atoms with Crippen LogP contribution in [0.15, 0.2) is 54.2 Å². The van der Waals surface area contributed by atoms with Crippen LogP contribution in [0.5, 0.6) is 0 Å². The van der Waals surface area contributed by atoms with Gasteiger partial charge in [0.2, 0.25) is 5.78 Å². The lowest BCUT2D eigenvalue weighted by molar-refractivity contribution is 0.104. The molecule has 0 bridgehead atoms. The topological polar surface area (TPSA) is 20.3 Å². The molecule has 3 heteroatoms. The zero-order valence-electron chi connectivity index (χ0n) is 10.4. The van der Waals surface area contributed by atoms with Crippen LogP contribution in [0.3, 0.4) is 0 Å². The summed E-state index contributed by atoms with van der Waals surface area (Å²) in [4.78, 5) is 14.3. The molecule has 3 rings (SSSR count). The molecule has 0 aliphatic carbocycles. The van der Waals surface area contributed by atoms with Gasteiger partial charge < -0.3 is 4.90 Å². The van der Waals surface area contributed by atoms with Crippen LogP contribution in [0.2, 0.25) is 5.02 Å². The molecule has 0 amide bonds. The highest BCUT2D eigenvalue weighted by Gasteiger charge is 2.28. The minimum absolute atomic E-state index is 0.0630. The quantitative estimate of drug-likeness (QED) is 0.729. The van der Waals surface area contributed by atoms with Crippen LogP contribution < -0.4 is 4.90 Å². The maximum atomic E-state index is 12.3. The first-order valence-electron chi connectivity index (χ1n) is 6.01. The smallest absolute Gasteiger partial charge is 0.211 e. The Morgan fingerprint density at radius 2 is 1.74 bits per heavy atom. The number of ketones is 1. The fourth-order valence-corrected chi connectivity index (χ4v) is 2.38. The Morgan fingerprint density at radius 3 is 2.42 bits per heavy atom. The van der Waals surface area contributed by atoms with Gasteiger partial charge in [-0.1, -0.05) is 35.9 Å². The number of benzene rings is 2. The number of rotatable bonds is 1. The van der Waals surface area contributed by atoms with Crippen LogP contribution in [0.4, 0.5) is 5.69 Å². The minimum Gasteiger partial charge on any atom is -0.341 e. The monoisotopic (exact) mass is 269 g/mol. The van der Waals surface area contributed by atoms with E-state index in [0.717, 1.165) is 16.8 Å². The number of hydrogen-bond acceptors (Lipinski definition) is 2. The van der Waals surface area contributed by atoms with Gasteiger partial charge in [-0.05, 0) is 35.9 Å². The Labute approximate surface area is 116 Å². The van der Waals surface area contributed by atoms with Crippen molar-refractivity contribution in [3.05, 3.63) is 70.4 Å². The van der Waals surface area contributed by atoms with E-state index >= 15 is 0 Å². The second-order valence-corrected chi connectivity index (χ2v) is 4.92. The fraction of sp³-hybridized carbons (Fsp3) is 0.0625. The third-order valence-electron chi connectivity index (χ3n) is 3.28. The number of likely N-dealkylation sites (N-methyl/N-ethyl adjacent to an activating group) is 1. The number of halogens is 1. The van der Waals surface area contributed by atoms with Gasteiger partial charge in [-0.15, -0.1) is 0 Å². The molecule has 1 heterocycles. The van der Waals surface area contributed by atoms with Crippen molar-refractivity contribution in [1.82, 2.24) is 0 Å². The van der Waals surface area contributed by atoms with Crippen LogP contribution in [0.1, 0.15) is 15.9 Å². The fourth-order valence-electron chi connectivity index (χ4n) is 2.26. The van der Waals surface area contributed by atoms with E-state index in [0.29, 0.717) is 10.7 Å². The van der Waals surface area contributed by atoms with Gasteiger partial charge in [-0.25, -0.2) is 0 Å². The summed E-state index contributed by atoms with van der Waals surface area (Å²) < 4.78 is 0. The number of anilines is 1. The van der Waals surface area contributed by atoms with Gasteiger partial charge in [-0.3, -0.25) is 4.79 Å². The molecule has 19 heavy (non-hydrogen) atoms. The van der Waals surface area contributed by atoms with Crippen LogP contribution >= 0.6 is 11.6 Å². The number of fused-ring (bicyclic) bond motifs is 1. The van der Waals surface area contributed by atoms with Crippen LogP contribution in [-0.2, 0) is 0 Å². The second kappa shape index (κ2) is 4.56. The van der Waals surface area contributed by atoms with Crippen molar-refractivity contribution < 1.29 is 4.79 Å². The third-order valence-corrected chi connectivity index (χ3v) is 3.53. The largest absolute Gasteiger partial charge is 0.341 e. The summed E-state index contributed by atoms with van der Waals surface area (Å²) in [5.41, 5.74) is 3.36. The molecule has 94 valence electrons. The summed E-state index contributed by atoms with van der Waals surface area (Å²) in [6.07, 6.45) is 1.89. The molecular weight excluding hydrogens is 258 g/mol. The van der Waals surface area contributed by atoms with Gasteiger partial charge in [0.05, 0.1) is 11.4 Å². The minimum atomic E-state index is 0.0630. The third kappa shape index (κ3) is 2.04. The van der Waals surface area contributed by atoms with Crippen molar-refractivity contribution in [3.63, 3.8) is 0 Å². The van der Waals surface area contributed by atoms with E-state index in [2.05, 4.69) is 0 Å². The highest BCUT2D eigenvalue weighted by Crippen LogP contribution is 2.33. The summed E-state index contributed by atoms with van der Waals surface area (Å²) in [7, 11) is 1.91. The first-order chi connectivity index (χ1) is 9.16. The summed E-state index contributed by atoms with van der Waals surface area (Å²) in [6, 6.07) is 15.1. The molecule has 1 aliphatic heterocycles. The Morgan fingerprint density at radius 1 is 1.05 bits per heavy atom. The Balaban J connectivity index is 2.04. The molecule has 0 unspecified atom stereocenters. The van der Waals surface area contributed by atoms with Gasteiger partial charge in [0, 0.05) is 17.6 Å². The van der Waals surface area contributed by atoms with E-state index in [1.807, 2.05) is 66.6 Å². The Hall–Kier alpha value is -2.06. The normalized spacial score (nSPS) is 16.0. The molecule has 0 atom stereocenters. The molecule has 0 spiro atoms. The number of para-hydroxylation sites is 1. The number of allylic oxidation sites excluding steroid dienone is 1. The molecule has 0 radical (unpaired) electrons. The van der Waals surface area contributed by atoms with Gasteiger partial charge in [0.25, 0.3) is 0 Å². The van der Waals surface area contributed by atoms with E-state index in [1.165, 1.54) is 0 Å². The van der Waals surface area contributed by atoms with Crippen molar-refractivity contribution in [2.75, 3.05) is 11.9 Å². The standard InChI is InChI=1S/C16H12ClNO/c1-18-14-5-3-2-4-13(14)16(19)15(18)10-11-6-8-12(17)9-7-11/h2-10H,1H3. The van der Waals surface area contributed by atoms with Gasteiger partial charge in [0.1, 0.15) is 0 Å². The second-order valence-electron chi connectivity index (χ2n) is 4.49. The molecule has 2 aromatic carbocycles. The van der Waals surface area contributed by atoms with Crippen molar-refractivity contribution in [1.29, 1.82) is 0 Å². The van der Waals surface area contributed by atoms with Crippen LogP contribution in [-0.4, -0.2) is 12.8 Å². The predicted octanol–water partition coefficient (Wildman–Crippen LogP) is 4.01. The summed E-state index contributed by atoms with van der Waals surface area (Å²) in [6.45, 7) is 0. The Kier molecular flexibility index (Phi) is 2.88. The summed E-state index contributed by atoms with van der Waals surface area (Å²) in [5.74, 6) is 0.0630. The van der Waals surface area contributed by atoms with E-state index in [9.17, 15) is 4.79 Å². The van der Waals surface area contributed by atoms with Gasteiger partial charge >= 0.3 is 0 Å². The van der Waals surface area contributed by atoms with E-state index in [1.54, 1.807) is 0 Å². The number of carbonyl (C=O) groups excluding carboxylic acids is 1. The molecule has 0 aromatic heterocycles. The maximum Gasteiger partial charge on any atom is 0.211 e. The molecule has 0 fully saturated rings. The first-order valence-corrected chi connectivity index (χ1v) is 6.39. The van der Waals surface area contributed by atoms with Crippen molar-refractivity contribution >= 4 is 29.1 Å². The highest BCUT2D eigenvalue weighted by atomic mass is 35.5. The SMILES string of the molecule is CN1C(=Cc2ccc(Cl)cc2)C(=O)c2ccccc21. The zero-order valence-corrected chi connectivity index (χ0v) is 11.2. The van der Waals surface area contributed by atoms with Crippen LogP contribution in [0, 0.1) is 0 Å². The average molecular weight is 270 g/mol. The number of Topliss-reactive ketones (excluding diaryl/α,β-unsaturated/α-hetero) is 1. The molecule has 2 nitrogen and oxygen atoms in total. The predicted molar refractivity (Wildman–Crippen MR) is 78.6 cm³/mol. The first kappa shape index (κ1) is 12.0. The van der Waals surface area contributed by atoms with E-state index < -0.39 is 0 Å². The van der Waals surface area contributed by atoms with Gasteiger partial charge in [-0.2, -0.15) is 0 Å². The lowest BCUT2D eigenvalue weighted by Crippen LogP contribution is -2.13. The summed E-state index contributed by atoms with van der Waals surface area (Å²) in [5, 5.41) is 0.691. The van der Waals surface area contributed by atoms with E-state index in [-0.39, 0.29) is 5.78 Å². The molecular formula is C16H12ClNO. The molecule has 0 N–H and O–H groups in total. The van der Waals surface area contributed by atoms with E-state index in [4.69, 9.17) is 11.6 Å². The summed E-state index contributed by atoms with van der Waals surface area (Å²) >= 11 is 5.86. The lowest BCUT2D eigenvalue weighted by Gasteiger charge is -2.13. The molecule has 0 saturated carbocycles. The van der Waals surface area contributed by atoms with Gasteiger partial charge in [0.15, 0.2) is 0 Å². The molecule has 0 saturated heterocycles. The highest BCUT2D eigenvalue weighted by molar-refractivity contribution is 6.30. The van der Waals surface area contributed by atoms with Crippen molar-refractivity contribution in [2.24, 2.45) is 0 Å². The maximum absolute atomic E-state index is 12.3. The number of hydrogen-bond donors (Lipinski definition) is 0. The number of nitrogens with zero attached hydrogens (tertiary/aromatic N) is 1. The zero-order chi connectivity index (χ0) is 13.4. The van der Waals surface area contributed by atoms with Crippen molar-refractivity contribution in [2.45, 2.75) is 0 Å². The molecule has 2 aromatic rings. The van der Waals surface area contributed by atoms with Crippen molar-refractivity contribution in [3.8, 4) is 0 Å². The van der Waals surface area contributed by atoms with Crippen LogP contribution in [0.25, 0.3) is 6.08 Å². The lowest BCUT2D eigenvalue weighted by atomic mass is 10.1. The number of carbonyl (C=O) groups is 1. The molecule has 1 aliphatic rings. The average Bonchev–Trinajstić information content (AvgIpc) is 2.67.